The first-order valence-corrected chi connectivity index (χ1v) is 5.02. The molecular formula is C10H17ClN2. The Bertz CT molecular complexity index is 219. The minimum absolute atomic E-state index is 0.317. The minimum Gasteiger partial charge on any atom is -0.226 e. The highest BCUT2D eigenvalue weighted by Gasteiger charge is 1.97. The van der Waals surface area contributed by atoms with Gasteiger partial charge in [0.25, 0.3) is 0 Å². The van der Waals surface area contributed by atoms with Gasteiger partial charge in [-0.3, -0.25) is 0 Å². The van der Waals surface area contributed by atoms with E-state index < -0.39 is 0 Å². The van der Waals surface area contributed by atoms with Crippen LogP contribution in [0.1, 0.15) is 33.3 Å². The maximum atomic E-state index is 5.53. The van der Waals surface area contributed by atoms with Crippen LogP contribution in [0.25, 0.3) is 0 Å². The molecule has 0 aliphatic heterocycles. The zero-order valence-electron chi connectivity index (χ0n) is 8.71. The van der Waals surface area contributed by atoms with E-state index in [1.54, 1.807) is 12.4 Å². The average Bonchev–Trinajstić information content (AvgIpc) is 2.12. The van der Waals surface area contributed by atoms with Crippen LogP contribution >= 0.6 is 11.6 Å². The summed E-state index contributed by atoms with van der Waals surface area (Å²) in [6, 6.07) is 0. The van der Waals surface area contributed by atoms with Crippen molar-refractivity contribution in [3.05, 3.63) is 23.2 Å². The molecule has 2 nitrogen and oxygen atoms in total. The molecule has 0 spiro atoms. The minimum atomic E-state index is 0.317. The van der Waals surface area contributed by atoms with E-state index in [1.165, 1.54) is 0 Å². The van der Waals surface area contributed by atoms with Crippen molar-refractivity contribution in [3.8, 4) is 0 Å². The van der Waals surface area contributed by atoms with Crippen molar-refractivity contribution in [1.29, 1.82) is 0 Å². The second-order valence-electron chi connectivity index (χ2n) is 2.96. The van der Waals surface area contributed by atoms with Crippen LogP contribution in [0.4, 0.5) is 0 Å². The van der Waals surface area contributed by atoms with E-state index in [0.29, 0.717) is 11.2 Å². The van der Waals surface area contributed by atoms with E-state index in [-0.39, 0.29) is 0 Å². The van der Waals surface area contributed by atoms with Crippen molar-refractivity contribution < 1.29 is 0 Å². The molecule has 13 heavy (non-hydrogen) atoms. The first-order valence-electron chi connectivity index (χ1n) is 4.65. The Labute approximate surface area is 85.4 Å². The van der Waals surface area contributed by atoms with E-state index in [1.807, 2.05) is 13.8 Å². The average molecular weight is 201 g/mol. The fourth-order valence-electron chi connectivity index (χ4n) is 0.916. The Kier molecular flexibility index (Phi) is 6.51. The Hall–Kier alpha value is -0.630. The summed E-state index contributed by atoms with van der Waals surface area (Å²) >= 11 is 5.53. The standard InChI is InChI=1S/C8H11ClN2.C2H6/c1-6(2)3-7-4-10-8(9)11-5-7;1-2/h4-6H,3H2,1-2H3;1-2H3. The molecule has 0 aromatic carbocycles. The third-order valence-electron chi connectivity index (χ3n) is 1.32. The lowest BCUT2D eigenvalue weighted by atomic mass is 10.1. The lowest BCUT2D eigenvalue weighted by Crippen LogP contribution is -1.95. The Balaban J connectivity index is 0.000000671. The van der Waals surface area contributed by atoms with E-state index in [2.05, 4.69) is 23.8 Å². The van der Waals surface area contributed by atoms with Crippen LogP contribution in [0.15, 0.2) is 12.4 Å². The molecule has 1 rings (SSSR count). The van der Waals surface area contributed by atoms with Gasteiger partial charge in [0.1, 0.15) is 0 Å². The predicted molar refractivity (Wildman–Crippen MR) is 56.9 cm³/mol. The Morgan fingerprint density at radius 2 is 1.69 bits per heavy atom. The molecule has 3 heteroatoms. The van der Waals surface area contributed by atoms with Crippen LogP contribution < -0.4 is 0 Å². The van der Waals surface area contributed by atoms with Gasteiger partial charge in [0.2, 0.25) is 5.28 Å². The van der Waals surface area contributed by atoms with Crippen LogP contribution in [0.5, 0.6) is 0 Å². The van der Waals surface area contributed by atoms with Crippen LogP contribution in [-0.2, 0) is 6.42 Å². The Morgan fingerprint density at radius 3 is 2.08 bits per heavy atom. The van der Waals surface area contributed by atoms with E-state index in [9.17, 15) is 0 Å². The predicted octanol–water partition coefficient (Wildman–Crippen LogP) is 3.35. The highest BCUT2D eigenvalue weighted by molar-refractivity contribution is 6.28. The molecule has 0 unspecified atom stereocenters. The summed E-state index contributed by atoms with van der Waals surface area (Å²) in [4.78, 5) is 7.77. The smallest absolute Gasteiger partial charge is 0.222 e. The van der Waals surface area contributed by atoms with Gasteiger partial charge in [0.05, 0.1) is 0 Å². The fraction of sp³-hybridized carbons (Fsp3) is 0.600. The molecule has 0 saturated carbocycles. The zero-order valence-corrected chi connectivity index (χ0v) is 9.47. The molecule has 0 atom stereocenters. The van der Waals surface area contributed by atoms with Crippen molar-refractivity contribution in [3.63, 3.8) is 0 Å². The number of hydrogen-bond donors (Lipinski definition) is 0. The van der Waals surface area contributed by atoms with Gasteiger partial charge in [-0.15, -0.1) is 0 Å². The molecule has 1 aromatic rings. The van der Waals surface area contributed by atoms with Gasteiger partial charge in [-0.1, -0.05) is 27.7 Å². The quantitative estimate of drug-likeness (QED) is 0.685. The summed E-state index contributed by atoms with van der Waals surface area (Å²) < 4.78 is 0. The van der Waals surface area contributed by atoms with Crippen LogP contribution in [0, 0.1) is 5.92 Å². The second-order valence-corrected chi connectivity index (χ2v) is 3.30. The SMILES string of the molecule is CC.CC(C)Cc1cnc(Cl)nc1. The summed E-state index contributed by atoms with van der Waals surface area (Å²) in [6.45, 7) is 8.32. The molecule has 0 fully saturated rings. The third kappa shape index (κ3) is 5.58. The molecule has 1 aromatic heterocycles. The summed E-state index contributed by atoms with van der Waals surface area (Å²) in [5.41, 5.74) is 1.14. The normalized spacial score (nSPS) is 9.38. The van der Waals surface area contributed by atoms with E-state index >= 15 is 0 Å². The molecule has 0 aliphatic carbocycles. The van der Waals surface area contributed by atoms with Crippen molar-refractivity contribution in [2.24, 2.45) is 5.92 Å². The van der Waals surface area contributed by atoms with Crippen LogP contribution in [0.3, 0.4) is 0 Å². The van der Waals surface area contributed by atoms with Crippen molar-refractivity contribution in [2.45, 2.75) is 34.1 Å². The first kappa shape index (κ1) is 12.4. The summed E-state index contributed by atoms with van der Waals surface area (Å²) in [5, 5.41) is 0.317. The van der Waals surface area contributed by atoms with Gasteiger partial charge in [0, 0.05) is 12.4 Å². The maximum Gasteiger partial charge on any atom is 0.222 e. The van der Waals surface area contributed by atoms with Gasteiger partial charge >= 0.3 is 0 Å². The van der Waals surface area contributed by atoms with Gasteiger partial charge < -0.3 is 0 Å². The Morgan fingerprint density at radius 1 is 1.23 bits per heavy atom. The molecule has 0 N–H and O–H groups in total. The largest absolute Gasteiger partial charge is 0.226 e. The highest BCUT2D eigenvalue weighted by Crippen LogP contribution is 2.06. The third-order valence-corrected chi connectivity index (χ3v) is 1.51. The van der Waals surface area contributed by atoms with Gasteiger partial charge in [-0.2, -0.15) is 0 Å². The fourth-order valence-corrected chi connectivity index (χ4v) is 1.01. The number of aromatic nitrogens is 2. The second kappa shape index (κ2) is 6.84. The molecular weight excluding hydrogens is 184 g/mol. The van der Waals surface area contributed by atoms with Crippen molar-refractivity contribution in [1.82, 2.24) is 9.97 Å². The maximum absolute atomic E-state index is 5.53. The van der Waals surface area contributed by atoms with Crippen LogP contribution in [0.2, 0.25) is 5.28 Å². The van der Waals surface area contributed by atoms with Gasteiger partial charge in [-0.25, -0.2) is 9.97 Å². The number of nitrogens with zero attached hydrogens (tertiary/aromatic N) is 2. The highest BCUT2D eigenvalue weighted by atomic mass is 35.5. The van der Waals surface area contributed by atoms with E-state index in [4.69, 9.17) is 11.6 Å². The number of halogens is 1. The number of rotatable bonds is 2. The van der Waals surface area contributed by atoms with E-state index in [0.717, 1.165) is 12.0 Å². The topological polar surface area (TPSA) is 25.8 Å². The van der Waals surface area contributed by atoms with Crippen molar-refractivity contribution in [2.75, 3.05) is 0 Å². The molecule has 0 saturated heterocycles. The van der Waals surface area contributed by atoms with Crippen LogP contribution in [-0.4, -0.2) is 9.97 Å². The summed E-state index contributed by atoms with van der Waals surface area (Å²) in [5.74, 6) is 0.639. The summed E-state index contributed by atoms with van der Waals surface area (Å²) in [6.07, 6.45) is 4.56. The lowest BCUT2D eigenvalue weighted by molar-refractivity contribution is 0.643. The lowest BCUT2D eigenvalue weighted by Gasteiger charge is -2.02. The van der Waals surface area contributed by atoms with Gasteiger partial charge in [-0.05, 0) is 29.5 Å². The van der Waals surface area contributed by atoms with Crippen molar-refractivity contribution >= 4 is 11.6 Å². The number of hydrogen-bond acceptors (Lipinski definition) is 2. The molecule has 0 bridgehead atoms. The summed E-state index contributed by atoms with van der Waals surface area (Å²) in [7, 11) is 0. The monoisotopic (exact) mass is 200 g/mol. The molecule has 0 aliphatic rings. The molecule has 1 heterocycles. The first-order chi connectivity index (χ1) is 6.18. The molecule has 74 valence electrons. The zero-order chi connectivity index (χ0) is 10.3. The molecule has 0 radical (unpaired) electrons. The van der Waals surface area contributed by atoms with Gasteiger partial charge in [0.15, 0.2) is 0 Å². The molecule has 0 amide bonds.